The molecular weight excluding hydrogens is 432 g/mol. The number of aryl methyl sites for hydroxylation is 1. The number of carbonyl (C=O) groups excluding carboxylic acids is 1. The lowest BCUT2D eigenvalue weighted by Gasteiger charge is -2.17. The third kappa shape index (κ3) is 5.88. The van der Waals surface area contributed by atoms with Crippen LogP contribution in [-0.2, 0) is 14.8 Å². The lowest BCUT2D eigenvalue weighted by Crippen LogP contribution is -2.41. The van der Waals surface area contributed by atoms with Crippen molar-refractivity contribution in [2.24, 2.45) is 0 Å². The van der Waals surface area contributed by atoms with Crippen LogP contribution in [0.2, 0.25) is 0 Å². The summed E-state index contributed by atoms with van der Waals surface area (Å²) < 4.78 is 33.1. The minimum absolute atomic E-state index is 0.0745. The van der Waals surface area contributed by atoms with Gasteiger partial charge in [0.05, 0.1) is 23.7 Å². The van der Waals surface area contributed by atoms with Gasteiger partial charge in [-0.25, -0.2) is 8.42 Å². The van der Waals surface area contributed by atoms with Crippen molar-refractivity contribution in [3.05, 3.63) is 78.4 Å². The van der Waals surface area contributed by atoms with Crippen molar-refractivity contribution in [2.75, 3.05) is 12.4 Å². The molecule has 8 heteroatoms. The zero-order valence-corrected chi connectivity index (χ0v) is 19.1. The van der Waals surface area contributed by atoms with Crippen LogP contribution in [0, 0.1) is 6.92 Å². The minimum atomic E-state index is -3.87. The highest BCUT2D eigenvalue weighted by atomic mass is 32.2. The molecule has 31 heavy (non-hydrogen) atoms. The van der Waals surface area contributed by atoms with Gasteiger partial charge in [-0.3, -0.25) is 4.79 Å². The quantitative estimate of drug-likeness (QED) is 0.523. The van der Waals surface area contributed by atoms with Gasteiger partial charge >= 0.3 is 0 Å². The Kier molecular flexibility index (Phi) is 7.37. The highest BCUT2D eigenvalue weighted by Gasteiger charge is 2.23. The molecule has 3 rings (SSSR count). The fourth-order valence-corrected chi connectivity index (χ4v) is 5.10. The van der Waals surface area contributed by atoms with Gasteiger partial charge in [-0.2, -0.15) is 4.72 Å². The van der Waals surface area contributed by atoms with Crippen molar-refractivity contribution < 1.29 is 17.9 Å². The molecule has 2 N–H and O–H groups in total. The van der Waals surface area contributed by atoms with E-state index in [1.54, 1.807) is 19.1 Å². The average Bonchev–Trinajstić information content (AvgIpc) is 2.75. The van der Waals surface area contributed by atoms with Gasteiger partial charge in [0.1, 0.15) is 5.75 Å². The molecule has 162 valence electrons. The topological polar surface area (TPSA) is 84.5 Å². The van der Waals surface area contributed by atoms with Crippen LogP contribution in [-0.4, -0.2) is 27.5 Å². The van der Waals surface area contributed by atoms with Crippen LogP contribution in [0.15, 0.2) is 87.5 Å². The predicted molar refractivity (Wildman–Crippen MR) is 123 cm³/mol. The van der Waals surface area contributed by atoms with Crippen molar-refractivity contribution in [3.8, 4) is 5.75 Å². The van der Waals surface area contributed by atoms with Crippen LogP contribution in [0.4, 0.5) is 5.69 Å². The molecule has 0 aliphatic heterocycles. The minimum Gasteiger partial charge on any atom is -0.496 e. The standard InChI is InChI=1S/C23H24N2O4S2/c1-16-15-19(13-14-21(16)29-3)31(27,28)25-17(2)23(26)24-20-11-7-8-12-22(20)30-18-9-5-4-6-10-18/h4-15,17,25H,1-3H3,(H,24,26)/t17-/m1/s1. The molecule has 6 nitrogen and oxygen atoms in total. The number of para-hydroxylation sites is 1. The number of anilines is 1. The van der Waals surface area contributed by atoms with E-state index in [0.717, 1.165) is 9.79 Å². The molecule has 1 amide bonds. The first kappa shape index (κ1) is 22.9. The second kappa shape index (κ2) is 10.00. The smallest absolute Gasteiger partial charge is 0.242 e. The maximum Gasteiger partial charge on any atom is 0.242 e. The molecule has 0 fully saturated rings. The van der Waals surface area contributed by atoms with Crippen LogP contribution in [0.3, 0.4) is 0 Å². The van der Waals surface area contributed by atoms with Gasteiger partial charge < -0.3 is 10.1 Å². The van der Waals surface area contributed by atoms with E-state index >= 15 is 0 Å². The van der Waals surface area contributed by atoms with E-state index in [0.29, 0.717) is 17.0 Å². The molecule has 0 radical (unpaired) electrons. The maximum absolute atomic E-state index is 12.7. The van der Waals surface area contributed by atoms with Crippen LogP contribution in [0.1, 0.15) is 12.5 Å². The fourth-order valence-electron chi connectivity index (χ4n) is 2.89. The van der Waals surface area contributed by atoms with Crippen molar-refractivity contribution in [1.82, 2.24) is 4.72 Å². The SMILES string of the molecule is COc1ccc(S(=O)(=O)N[C@H](C)C(=O)Nc2ccccc2Sc2ccccc2)cc1C. The first-order chi connectivity index (χ1) is 14.8. The molecule has 0 aliphatic carbocycles. The molecule has 0 bridgehead atoms. The Balaban J connectivity index is 1.72. The zero-order valence-electron chi connectivity index (χ0n) is 17.5. The van der Waals surface area contributed by atoms with E-state index in [1.165, 1.54) is 37.9 Å². The van der Waals surface area contributed by atoms with E-state index in [1.807, 2.05) is 48.5 Å². The van der Waals surface area contributed by atoms with Crippen molar-refractivity contribution >= 4 is 33.4 Å². The summed E-state index contributed by atoms with van der Waals surface area (Å²) in [7, 11) is -2.35. The number of carbonyl (C=O) groups is 1. The molecule has 0 spiro atoms. The fraction of sp³-hybridized carbons (Fsp3) is 0.174. The molecule has 0 saturated heterocycles. The molecule has 0 heterocycles. The highest BCUT2D eigenvalue weighted by molar-refractivity contribution is 7.99. The number of benzene rings is 3. The number of nitrogens with one attached hydrogen (secondary N) is 2. The van der Waals surface area contributed by atoms with Crippen LogP contribution in [0.25, 0.3) is 0 Å². The Morgan fingerprint density at radius 3 is 2.35 bits per heavy atom. The van der Waals surface area contributed by atoms with Crippen LogP contribution in [0.5, 0.6) is 5.75 Å². The molecule has 1 atom stereocenters. The molecule has 0 aromatic heterocycles. The third-order valence-electron chi connectivity index (χ3n) is 4.52. The monoisotopic (exact) mass is 456 g/mol. The van der Waals surface area contributed by atoms with Gasteiger partial charge in [0.15, 0.2) is 0 Å². The summed E-state index contributed by atoms with van der Waals surface area (Å²) in [5, 5.41) is 2.83. The first-order valence-electron chi connectivity index (χ1n) is 9.60. The van der Waals surface area contributed by atoms with E-state index < -0.39 is 22.0 Å². The Labute approximate surface area is 187 Å². The number of amides is 1. The Morgan fingerprint density at radius 1 is 1.00 bits per heavy atom. The summed E-state index contributed by atoms with van der Waals surface area (Å²) in [5.41, 5.74) is 1.31. The van der Waals surface area contributed by atoms with Gasteiger partial charge in [0.2, 0.25) is 15.9 Å². The Morgan fingerprint density at radius 2 is 1.68 bits per heavy atom. The van der Waals surface area contributed by atoms with Crippen molar-refractivity contribution in [1.29, 1.82) is 0 Å². The number of ether oxygens (including phenoxy) is 1. The maximum atomic E-state index is 12.7. The second-order valence-electron chi connectivity index (χ2n) is 6.87. The summed E-state index contributed by atoms with van der Waals surface area (Å²) in [4.78, 5) is 14.7. The third-order valence-corrected chi connectivity index (χ3v) is 7.14. The van der Waals surface area contributed by atoms with Crippen LogP contribution >= 0.6 is 11.8 Å². The van der Waals surface area contributed by atoms with Gasteiger partial charge in [0, 0.05) is 9.79 Å². The highest BCUT2D eigenvalue weighted by Crippen LogP contribution is 2.33. The Hall–Kier alpha value is -2.81. The van der Waals surface area contributed by atoms with Crippen molar-refractivity contribution in [2.45, 2.75) is 34.6 Å². The summed E-state index contributed by atoms with van der Waals surface area (Å²) in [5.74, 6) is 0.146. The lowest BCUT2D eigenvalue weighted by atomic mass is 10.2. The largest absolute Gasteiger partial charge is 0.496 e. The van der Waals surface area contributed by atoms with Crippen molar-refractivity contribution in [3.63, 3.8) is 0 Å². The summed E-state index contributed by atoms with van der Waals surface area (Å²) >= 11 is 1.52. The summed E-state index contributed by atoms with van der Waals surface area (Å²) in [6, 6.07) is 20.8. The number of hydrogen-bond acceptors (Lipinski definition) is 5. The number of hydrogen-bond donors (Lipinski definition) is 2. The molecular formula is C23H24N2O4S2. The number of rotatable bonds is 8. The summed E-state index contributed by atoms with van der Waals surface area (Å²) in [6.07, 6.45) is 0. The predicted octanol–water partition coefficient (Wildman–Crippen LogP) is 4.46. The first-order valence-corrected chi connectivity index (χ1v) is 11.9. The van der Waals surface area contributed by atoms with E-state index in [9.17, 15) is 13.2 Å². The van der Waals surface area contributed by atoms with Gasteiger partial charge in [-0.1, -0.05) is 42.1 Å². The van der Waals surface area contributed by atoms with Crippen LogP contribution < -0.4 is 14.8 Å². The van der Waals surface area contributed by atoms with Gasteiger partial charge in [0.25, 0.3) is 0 Å². The average molecular weight is 457 g/mol. The molecule has 0 unspecified atom stereocenters. The molecule has 3 aromatic rings. The molecule has 3 aromatic carbocycles. The lowest BCUT2D eigenvalue weighted by molar-refractivity contribution is -0.117. The molecule has 0 saturated carbocycles. The Bertz CT molecular complexity index is 1170. The number of sulfonamides is 1. The van der Waals surface area contributed by atoms with E-state index in [4.69, 9.17) is 4.74 Å². The normalized spacial score (nSPS) is 12.2. The van der Waals surface area contributed by atoms with E-state index in [-0.39, 0.29) is 4.90 Å². The number of methoxy groups -OCH3 is 1. The molecule has 0 aliphatic rings. The van der Waals surface area contributed by atoms with E-state index in [2.05, 4.69) is 10.0 Å². The van der Waals surface area contributed by atoms with Gasteiger partial charge in [-0.15, -0.1) is 0 Å². The zero-order chi connectivity index (χ0) is 22.4. The summed E-state index contributed by atoms with van der Waals surface area (Å²) in [6.45, 7) is 3.27. The van der Waals surface area contributed by atoms with Gasteiger partial charge in [-0.05, 0) is 61.9 Å². The second-order valence-corrected chi connectivity index (χ2v) is 9.70.